The summed E-state index contributed by atoms with van der Waals surface area (Å²) >= 11 is 0. The normalized spacial score (nSPS) is 11.5. The Morgan fingerprint density at radius 1 is 1.17 bits per heavy atom. The molecule has 7 heteroatoms. The number of aldehydes is 1. The Morgan fingerprint density at radius 2 is 1.79 bits per heavy atom. The van der Waals surface area contributed by atoms with Gasteiger partial charge in [0, 0.05) is 5.56 Å². The van der Waals surface area contributed by atoms with Crippen molar-refractivity contribution in [3.8, 4) is 0 Å². The van der Waals surface area contributed by atoms with Crippen LogP contribution < -0.4 is 5.32 Å². The minimum absolute atomic E-state index is 0.174. The lowest BCUT2D eigenvalue weighted by molar-refractivity contribution is -0.145. The molecule has 0 saturated heterocycles. The van der Waals surface area contributed by atoms with E-state index >= 15 is 0 Å². The quantitative estimate of drug-likeness (QED) is 0.569. The van der Waals surface area contributed by atoms with Crippen LogP contribution in [0.3, 0.4) is 0 Å². The lowest BCUT2D eigenvalue weighted by atomic mass is 10.0. The molecule has 7 nitrogen and oxygen atoms in total. The molecule has 0 aliphatic carbocycles. The van der Waals surface area contributed by atoms with Gasteiger partial charge in [-0.1, -0.05) is 26.0 Å². The average Bonchev–Trinajstić information content (AvgIpc) is 2.58. The molecule has 0 aliphatic rings. The zero-order valence-corrected chi connectivity index (χ0v) is 13.9. The fraction of sp³-hybridized carbons (Fsp3) is 0.412. The maximum atomic E-state index is 11.8. The molecule has 0 saturated carbocycles. The number of methoxy groups -OCH3 is 1. The standard InChI is InChI=1S/C17H21NO6/c1-11(2)8-14(17(22)23-3)18-15(20)10-24-16(21)13-6-4-12(9-19)5-7-13/h4-7,9,11,14H,8,10H2,1-3H3,(H,18,20)/t14-/m1/s1. The predicted octanol–water partition coefficient (Wildman–Crippen LogP) is 1.36. The zero-order valence-electron chi connectivity index (χ0n) is 13.9. The first-order valence-corrected chi connectivity index (χ1v) is 7.47. The summed E-state index contributed by atoms with van der Waals surface area (Å²) in [6, 6.07) is 5.02. The van der Waals surface area contributed by atoms with E-state index in [0.717, 1.165) is 0 Å². The van der Waals surface area contributed by atoms with Gasteiger partial charge >= 0.3 is 11.9 Å². The number of ether oxygens (including phenoxy) is 2. The van der Waals surface area contributed by atoms with E-state index < -0.39 is 30.5 Å². The number of nitrogens with one attached hydrogen (secondary N) is 1. The van der Waals surface area contributed by atoms with Crippen molar-refractivity contribution in [2.75, 3.05) is 13.7 Å². The molecular formula is C17H21NO6. The van der Waals surface area contributed by atoms with E-state index in [2.05, 4.69) is 10.1 Å². The van der Waals surface area contributed by atoms with Crippen molar-refractivity contribution < 1.29 is 28.7 Å². The number of carbonyl (C=O) groups is 4. The van der Waals surface area contributed by atoms with E-state index in [1.807, 2.05) is 13.8 Å². The van der Waals surface area contributed by atoms with Crippen LogP contribution in [0.25, 0.3) is 0 Å². The molecule has 0 heterocycles. The second-order valence-corrected chi connectivity index (χ2v) is 5.59. The third kappa shape index (κ3) is 6.20. The number of carbonyl (C=O) groups excluding carboxylic acids is 4. The molecule has 0 fully saturated rings. The first-order chi connectivity index (χ1) is 11.4. The number of hydrogen-bond acceptors (Lipinski definition) is 6. The van der Waals surface area contributed by atoms with E-state index in [0.29, 0.717) is 18.3 Å². The van der Waals surface area contributed by atoms with Gasteiger partial charge in [0.2, 0.25) is 0 Å². The van der Waals surface area contributed by atoms with Crippen molar-refractivity contribution in [3.05, 3.63) is 35.4 Å². The minimum atomic E-state index is -0.784. The highest BCUT2D eigenvalue weighted by Crippen LogP contribution is 2.07. The van der Waals surface area contributed by atoms with Crippen molar-refractivity contribution in [3.63, 3.8) is 0 Å². The summed E-state index contributed by atoms with van der Waals surface area (Å²) < 4.78 is 9.53. The molecular weight excluding hydrogens is 314 g/mol. The largest absolute Gasteiger partial charge is 0.467 e. The van der Waals surface area contributed by atoms with Gasteiger partial charge < -0.3 is 14.8 Å². The van der Waals surface area contributed by atoms with Gasteiger partial charge in [-0.15, -0.1) is 0 Å². The maximum absolute atomic E-state index is 11.8. The van der Waals surface area contributed by atoms with Gasteiger partial charge in [-0.25, -0.2) is 9.59 Å². The first-order valence-electron chi connectivity index (χ1n) is 7.47. The van der Waals surface area contributed by atoms with Gasteiger partial charge in [0.1, 0.15) is 12.3 Å². The Hall–Kier alpha value is -2.70. The topological polar surface area (TPSA) is 98.8 Å². The minimum Gasteiger partial charge on any atom is -0.467 e. The van der Waals surface area contributed by atoms with E-state index in [9.17, 15) is 19.2 Å². The van der Waals surface area contributed by atoms with Crippen LogP contribution in [0.5, 0.6) is 0 Å². The average molecular weight is 335 g/mol. The third-order valence-corrected chi connectivity index (χ3v) is 3.14. The van der Waals surface area contributed by atoms with Crippen LogP contribution in [-0.4, -0.2) is 43.9 Å². The van der Waals surface area contributed by atoms with Crippen LogP contribution in [-0.2, 0) is 19.1 Å². The highest BCUT2D eigenvalue weighted by molar-refractivity contribution is 5.92. The maximum Gasteiger partial charge on any atom is 0.338 e. The molecule has 0 bridgehead atoms. The smallest absolute Gasteiger partial charge is 0.338 e. The van der Waals surface area contributed by atoms with Crippen LogP contribution in [0.1, 0.15) is 41.0 Å². The van der Waals surface area contributed by atoms with Gasteiger partial charge in [-0.05, 0) is 24.5 Å². The highest BCUT2D eigenvalue weighted by atomic mass is 16.5. The van der Waals surface area contributed by atoms with Crippen LogP contribution in [0.2, 0.25) is 0 Å². The molecule has 0 aliphatic heterocycles. The predicted molar refractivity (Wildman–Crippen MR) is 85.5 cm³/mol. The summed E-state index contributed by atoms with van der Waals surface area (Å²) in [4.78, 5) is 45.9. The second-order valence-electron chi connectivity index (χ2n) is 5.59. The fourth-order valence-corrected chi connectivity index (χ4v) is 1.98. The molecule has 1 amide bonds. The van der Waals surface area contributed by atoms with Gasteiger partial charge in [-0.3, -0.25) is 9.59 Å². The monoisotopic (exact) mass is 335 g/mol. The molecule has 1 atom stereocenters. The molecule has 1 aromatic carbocycles. The van der Waals surface area contributed by atoms with Gasteiger partial charge in [0.25, 0.3) is 5.91 Å². The summed E-state index contributed by atoms with van der Waals surface area (Å²) in [5, 5.41) is 2.49. The summed E-state index contributed by atoms with van der Waals surface area (Å²) in [6.45, 7) is 3.30. The lowest BCUT2D eigenvalue weighted by Crippen LogP contribution is -2.44. The Bertz CT molecular complexity index is 594. The number of esters is 2. The Kier molecular flexibility index (Phi) is 7.61. The highest BCUT2D eigenvalue weighted by Gasteiger charge is 2.23. The molecule has 1 N–H and O–H groups in total. The van der Waals surface area contributed by atoms with Gasteiger partial charge in [0.15, 0.2) is 6.61 Å². The Balaban J connectivity index is 2.55. The van der Waals surface area contributed by atoms with Crippen LogP contribution in [0, 0.1) is 5.92 Å². The molecule has 0 spiro atoms. The van der Waals surface area contributed by atoms with Crippen molar-refractivity contribution in [2.24, 2.45) is 5.92 Å². The van der Waals surface area contributed by atoms with Gasteiger partial charge in [-0.2, -0.15) is 0 Å². The van der Waals surface area contributed by atoms with Crippen molar-refractivity contribution in [2.45, 2.75) is 26.3 Å². The molecule has 1 aromatic rings. The third-order valence-electron chi connectivity index (χ3n) is 3.14. The van der Waals surface area contributed by atoms with E-state index in [1.165, 1.54) is 31.4 Å². The molecule has 24 heavy (non-hydrogen) atoms. The molecule has 0 aromatic heterocycles. The lowest BCUT2D eigenvalue weighted by Gasteiger charge is -2.18. The van der Waals surface area contributed by atoms with Crippen molar-refractivity contribution in [1.29, 1.82) is 0 Å². The summed E-state index contributed by atoms with van der Waals surface area (Å²) in [7, 11) is 1.24. The molecule has 0 unspecified atom stereocenters. The van der Waals surface area contributed by atoms with E-state index in [1.54, 1.807) is 0 Å². The number of amides is 1. The van der Waals surface area contributed by atoms with Crippen LogP contribution in [0.15, 0.2) is 24.3 Å². The van der Waals surface area contributed by atoms with Crippen LogP contribution in [0.4, 0.5) is 0 Å². The van der Waals surface area contributed by atoms with Crippen LogP contribution >= 0.6 is 0 Å². The Morgan fingerprint density at radius 3 is 2.29 bits per heavy atom. The number of rotatable bonds is 8. The SMILES string of the molecule is COC(=O)[C@@H](CC(C)C)NC(=O)COC(=O)c1ccc(C=O)cc1. The molecule has 0 radical (unpaired) electrons. The summed E-state index contributed by atoms with van der Waals surface area (Å²) in [6.07, 6.45) is 1.07. The molecule has 130 valence electrons. The molecule has 1 rings (SSSR count). The fourth-order valence-electron chi connectivity index (χ4n) is 1.98. The summed E-state index contributed by atoms with van der Waals surface area (Å²) in [5.74, 6) is -1.66. The van der Waals surface area contributed by atoms with Gasteiger partial charge in [0.05, 0.1) is 12.7 Å². The Labute approximate surface area is 140 Å². The zero-order chi connectivity index (χ0) is 18.1. The van der Waals surface area contributed by atoms with E-state index in [4.69, 9.17) is 4.74 Å². The number of benzene rings is 1. The van der Waals surface area contributed by atoms with Crippen molar-refractivity contribution >= 4 is 24.1 Å². The van der Waals surface area contributed by atoms with E-state index in [-0.39, 0.29) is 11.5 Å². The first kappa shape index (κ1) is 19.3. The van der Waals surface area contributed by atoms with Crippen molar-refractivity contribution in [1.82, 2.24) is 5.32 Å². The second kappa shape index (κ2) is 9.44. The number of hydrogen-bond donors (Lipinski definition) is 1. The summed E-state index contributed by atoms with van der Waals surface area (Å²) in [5.41, 5.74) is 0.652.